The van der Waals surface area contributed by atoms with E-state index in [2.05, 4.69) is 10.3 Å². The van der Waals surface area contributed by atoms with Crippen molar-refractivity contribution in [1.29, 1.82) is 0 Å². The van der Waals surface area contributed by atoms with Gasteiger partial charge in [-0.1, -0.05) is 0 Å². The van der Waals surface area contributed by atoms with E-state index in [-0.39, 0.29) is 17.9 Å². The number of likely N-dealkylation sites (N-methyl/N-ethyl adjacent to an activating group) is 1. The monoisotopic (exact) mass is 203 g/mol. The lowest BCUT2D eigenvalue weighted by Crippen LogP contribution is -2.40. The van der Waals surface area contributed by atoms with Crippen molar-refractivity contribution in [1.82, 2.24) is 10.2 Å². The fourth-order valence-corrected chi connectivity index (χ4v) is 0.961. The number of nitrogens with one attached hydrogen (secondary N) is 1. The third-order valence-corrected chi connectivity index (χ3v) is 1.66. The second-order valence-corrected chi connectivity index (χ2v) is 2.87. The first-order valence-electron chi connectivity index (χ1n) is 3.82. The molecule has 14 heavy (non-hydrogen) atoms. The smallest absolute Gasteiger partial charge is 0.323 e. The minimum Gasteiger partial charge on any atom is -0.480 e. The van der Waals surface area contributed by atoms with E-state index in [0.29, 0.717) is 5.96 Å². The lowest BCUT2D eigenvalue weighted by Gasteiger charge is -2.14. The van der Waals surface area contributed by atoms with Gasteiger partial charge in [-0.3, -0.25) is 14.9 Å². The number of rotatable bonds is 2. The van der Waals surface area contributed by atoms with Crippen LogP contribution in [0.15, 0.2) is 4.99 Å². The normalized spacial score (nSPS) is 19.4. The molecule has 0 radical (unpaired) electrons. The number of carbonyl (C=O) groups excluding carboxylic acids is 1. The van der Waals surface area contributed by atoms with E-state index >= 15 is 0 Å². The van der Waals surface area contributed by atoms with Gasteiger partial charge in [0.2, 0.25) is 5.96 Å². The molecule has 1 heterocycles. The number of aliphatic carboxylic acids is 1. The van der Waals surface area contributed by atoms with Crippen LogP contribution in [0.25, 0.3) is 0 Å². The Morgan fingerprint density at radius 1 is 1.71 bits per heavy atom. The van der Waals surface area contributed by atoms with Crippen molar-refractivity contribution in [2.45, 2.75) is 13.0 Å². The number of carbonyl (C=O) groups is 2. The molecule has 1 aliphatic rings. The highest BCUT2D eigenvalue weighted by Crippen LogP contribution is 2.00. The number of hydrogen-bond donors (Lipinski definition) is 2. The largest absolute Gasteiger partial charge is 0.480 e. The van der Waals surface area contributed by atoms with Gasteiger partial charge in [-0.2, -0.15) is 0 Å². The van der Waals surface area contributed by atoms with E-state index in [1.807, 2.05) is 0 Å². The molecule has 0 aromatic rings. The van der Waals surface area contributed by atoms with Crippen molar-refractivity contribution in [2.24, 2.45) is 4.99 Å². The Balaban J connectivity index is 0.00000169. The first kappa shape index (κ1) is 12.4. The van der Waals surface area contributed by atoms with Crippen molar-refractivity contribution in [3.63, 3.8) is 0 Å². The highest BCUT2D eigenvalue weighted by atomic mass is 16.4. The third-order valence-electron chi connectivity index (χ3n) is 1.66. The van der Waals surface area contributed by atoms with Gasteiger partial charge in [-0.05, 0) is 6.92 Å². The standard InChI is InChI=1S/C7H11N3O3.H2O/c1-4-6(13)9-7(8-4)10(2)3-5(11)12;/h4H,3H2,1-2H3,(H,11,12)(H,8,9,13);1H2. The van der Waals surface area contributed by atoms with E-state index in [0.717, 1.165) is 0 Å². The molecule has 1 atom stereocenters. The zero-order valence-electron chi connectivity index (χ0n) is 7.94. The number of amides is 1. The Morgan fingerprint density at radius 2 is 2.29 bits per heavy atom. The van der Waals surface area contributed by atoms with Crippen molar-refractivity contribution in [3.8, 4) is 0 Å². The predicted octanol–water partition coefficient (Wildman–Crippen LogP) is -1.95. The fraction of sp³-hybridized carbons (Fsp3) is 0.571. The molecule has 0 spiro atoms. The second kappa shape index (κ2) is 4.56. The zero-order valence-corrected chi connectivity index (χ0v) is 7.94. The van der Waals surface area contributed by atoms with E-state index in [1.54, 1.807) is 14.0 Å². The summed E-state index contributed by atoms with van der Waals surface area (Å²) >= 11 is 0. The molecule has 0 aromatic heterocycles. The lowest BCUT2D eigenvalue weighted by atomic mass is 10.4. The predicted molar refractivity (Wildman–Crippen MR) is 48.9 cm³/mol. The van der Waals surface area contributed by atoms with Crippen molar-refractivity contribution in [2.75, 3.05) is 13.6 Å². The average Bonchev–Trinajstić information content (AvgIpc) is 2.31. The molecule has 4 N–H and O–H groups in total. The van der Waals surface area contributed by atoms with Crippen LogP contribution >= 0.6 is 0 Å². The Bertz CT molecular complexity index is 276. The maximum atomic E-state index is 11.0. The summed E-state index contributed by atoms with van der Waals surface area (Å²) in [6.07, 6.45) is 0. The minimum absolute atomic E-state index is 0. The van der Waals surface area contributed by atoms with Crippen LogP contribution in [-0.4, -0.2) is 53.0 Å². The van der Waals surface area contributed by atoms with Gasteiger partial charge in [0.25, 0.3) is 5.91 Å². The summed E-state index contributed by atoms with van der Waals surface area (Å²) in [4.78, 5) is 26.6. The number of carboxylic acid groups (broad SMARTS) is 1. The van der Waals surface area contributed by atoms with Crippen LogP contribution in [0.2, 0.25) is 0 Å². The van der Waals surface area contributed by atoms with Gasteiger partial charge in [0.15, 0.2) is 0 Å². The first-order valence-corrected chi connectivity index (χ1v) is 3.82. The van der Waals surface area contributed by atoms with Gasteiger partial charge in [0.05, 0.1) is 0 Å². The van der Waals surface area contributed by atoms with E-state index in [1.165, 1.54) is 4.90 Å². The summed E-state index contributed by atoms with van der Waals surface area (Å²) in [5, 5.41) is 10.9. The molecular formula is C7H13N3O4. The molecule has 0 aliphatic carbocycles. The van der Waals surface area contributed by atoms with E-state index < -0.39 is 12.0 Å². The molecule has 1 unspecified atom stereocenters. The summed E-state index contributed by atoms with van der Waals surface area (Å²) < 4.78 is 0. The fourth-order valence-electron chi connectivity index (χ4n) is 0.961. The molecule has 0 aromatic carbocycles. The molecule has 7 nitrogen and oxygen atoms in total. The Hall–Kier alpha value is -1.63. The number of hydrogen-bond acceptors (Lipinski definition) is 4. The Labute approximate surface area is 80.7 Å². The summed E-state index contributed by atoms with van der Waals surface area (Å²) in [6.45, 7) is 1.47. The van der Waals surface area contributed by atoms with Crippen LogP contribution in [0.4, 0.5) is 0 Å². The Morgan fingerprint density at radius 3 is 2.64 bits per heavy atom. The van der Waals surface area contributed by atoms with Crippen molar-refractivity contribution < 1.29 is 20.2 Å². The van der Waals surface area contributed by atoms with Gasteiger partial charge >= 0.3 is 5.97 Å². The number of guanidine groups is 1. The third kappa shape index (κ3) is 2.70. The highest BCUT2D eigenvalue weighted by Gasteiger charge is 2.24. The van der Waals surface area contributed by atoms with Crippen LogP contribution in [0.3, 0.4) is 0 Å². The van der Waals surface area contributed by atoms with Gasteiger partial charge in [0.1, 0.15) is 12.6 Å². The van der Waals surface area contributed by atoms with Crippen LogP contribution in [0, 0.1) is 0 Å². The van der Waals surface area contributed by atoms with Crippen LogP contribution in [-0.2, 0) is 9.59 Å². The molecule has 80 valence electrons. The lowest BCUT2D eigenvalue weighted by molar-refractivity contribution is -0.137. The second-order valence-electron chi connectivity index (χ2n) is 2.87. The quantitative estimate of drug-likeness (QED) is 0.543. The Kier molecular flexibility index (Phi) is 4.03. The molecule has 0 saturated heterocycles. The summed E-state index contributed by atoms with van der Waals surface area (Å²) in [7, 11) is 1.56. The molecule has 0 bridgehead atoms. The maximum absolute atomic E-state index is 11.0. The summed E-state index contributed by atoms with van der Waals surface area (Å²) in [5.41, 5.74) is 0. The van der Waals surface area contributed by atoms with Crippen LogP contribution in [0.1, 0.15) is 6.92 Å². The van der Waals surface area contributed by atoms with E-state index in [4.69, 9.17) is 5.11 Å². The molecule has 0 saturated carbocycles. The molecule has 1 rings (SSSR count). The number of carboxylic acids is 1. The summed E-state index contributed by atoms with van der Waals surface area (Å²) in [5.74, 6) is -0.842. The molecule has 0 fully saturated rings. The average molecular weight is 203 g/mol. The minimum atomic E-state index is -0.959. The molecular weight excluding hydrogens is 190 g/mol. The molecule has 1 aliphatic heterocycles. The van der Waals surface area contributed by atoms with Crippen molar-refractivity contribution in [3.05, 3.63) is 0 Å². The van der Waals surface area contributed by atoms with Gasteiger partial charge < -0.3 is 15.5 Å². The van der Waals surface area contributed by atoms with Gasteiger partial charge in [-0.25, -0.2) is 4.99 Å². The first-order chi connectivity index (χ1) is 6.00. The number of nitrogens with zero attached hydrogens (tertiary/aromatic N) is 2. The maximum Gasteiger partial charge on any atom is 0.323 e. The zero-order chi connectivity index (χ0) is 10.0. The topological polar surface area (TPSA) is 114 Å². The van der Waals surface area contributed by atoms with E-state index in [9.17, 15) is 9.59 Å². The summed E-state index contributed by atoms with van der Waals surface area (Å²) in [6, 6.07) is -0.425. The number of aliphatic imine (C=N–C) groups is 1. The molecule has 7 heteroatoms. The SMILES string of the molecule is CC1N=C(N(C)CC(=O)O)NC1=O.O. The molecule has 1 amide bonds. The highest BCUT2D eigenvalue weighted by molar-refractivity contribution is 6.05. The van der Waals surface area contributed by atoms with Crippen LogP contribution in [0.5, 0.6) is 0 Å². The van der Waals surface area contributed by atoms with Gasteiger partial charge in [0, 0.05) is 7.05 Å². The van der Waals surface area contributed by atoms with Gasteiger partial charge in [-0.15, -0.1) is 0 Å². The van der Waals surface area contributed by atoms with Crippen molar-refractivity contribution >= 4 is 17.8 Å². The van der Waals surface area contributed by atoms with Crippen LogP contribution < -0.4 is 5.32 Å².